The molecule has 0 spiro atoms. The molecule has 172 valence electrons. The molecule has 3 N–H and O–H groups in total. The Morgan fingerprint density at radius 2 is 1.85 bits per heavy atom. The van der Waals surface area contributed by atoms with E-state index in [9.17, 15) is 9.90 Å². The highest BCUT2D eigenvalue weighted by molar-refractivity contribution is 6.40. The van der Waals surface area contributed by atoms with Crippen molar-refractivity contribution in [3.63, 3.8) is 0 Å². The van der Waals surface area contributed by atoms with Gasteiger partial charge in [-0.1, -0.05) is 36.2 Å². The van der Waals surface area contributed by atoms with Gasteiger partial charge < -0.3 is 20.6 Å². The van der Waals surface area contributed by atoms with Gasteiger partial charge in [-0.05, 0) is 37.5 Å². The molecular formula is C23H24Cl2N6O2. The first kappa shape index (κ1) is 23.2. The first-order valence-electron chi connectivity index (χ1n) is 10.7. The van der Waals surface area contributed by atoms with E-state index in [0.29, 0.717) is 49.2 Å². The van der Waals surface area contributed by atoms with E-state index >= 15 is 0 Å². The van der Waals surface area contributed by atoms with Crippen LogP contribution in [0.2, 0.25) is 10.0 Å². The van der Waals surface area contributed by atoms with Crippen LogP contribution in [0.4, 0.5) is 23.3 Å². The number of amides is 1. The van der Waals surface area contributed by atoms with Crippen LogP contribution in [0.15, 0.2) is 42.6 Å². The molecule has 4 rings (SSSR count). The fourth-order valence-electron chi connectivity index (χ4n) is 3.55. The molecule has 1 amide bonds. The number of carbonyl (C=O) groups is 1. The number of pyridine rings is 1. The van der Waals surface area contributed by atoms with Gasteiger partial charge in [0.05, 0.1) is 21.7 Å². The molecule has 0 saturated carbocycles. The summed E-state index contributed by atoms with van der Waals surface area (Å²) in [5.74, 6) is 1.33. The standard InChI is InChI=1S/C23H24Cl2N6O2/c1-2-14-12-20(30-23(28-14)31-10-7-16(32)8-11-31)29-19-13-15(6-9-26-19)27-22(33)21-17(24)4-3-5-18(21)25/h3-6,9,12-13,16,32H,2,7-8,10-11H2,1H3,(H2,26,27,28,29,30,33). The average Bonchev–Trinajstić information content (AvgIpc) is 2.79. The van der Waals surface area contributed by atoms with Crippen LogP contribution in [0.5, 0.6) is 0 Å². The zero-order chi connectivity index (χ0) is 23.4. The Hall–Kier alpha value is -2.94. The molecule has 10 heteroatoms. The van der Waals surface area contributed by atoms with E-state index in [2.05, 4.69) is 30.5 Å². The molecule has 3 aromatic rings. The van der Waals surface area contributed by atoms with E-state index in [0.717, 1.165) is 12.1 Å². The molecule has 1 saturated heterocycles. The summed E-state index contributed by atoms with van der Waals surface area (Å²) >= 11 is 12.3. The van der Waals surface area contributed by atoms with E-state index in [1.54, 1.807) is 36.5 Å². The third-order valence-corrected chi connectivity index (χ3v) is 5.97. The summed E-state index contributed by atoms with van der Waals surface area (Å²) in [6.07, 6.45) is 3.46. The quantitative estimate of drug-likeness (QED) is 0.463. The Labute approximate surface area is 202 Å². The maximum atomic E-state index is 12.7. The minimum absolute atomic E-state index is 0.215. The number of nitrogens with one attached hydrogen (secondary N) is 2. The highest BCUT2D eigenvalue weighted by atomic mass is 35.5. The maximum absolute atomic E-state index is 12.7. The Bertz CT molecular complexity index is 1130. The predicted molar refractivity (Wildman–Crippen MR) is 131 cm³/mol. The van der Waals surface area contributed by atoms with Gasteiger partial charge in [-0.15, -0.1) is 0 Å². The molecule has 0 atom stereocenters. The van der Waals surface area contributed by atoms with Gasteiger partial charge in [0.2, 0.25) is 5.95 Å². The van der Waals surface area contributed by atoms with Crippen LogP contribution in [-0.4, -0.2) is 45.2 Å². The molecule has 0 unspecified atom stereocenters. The van der Waals surface area contributed by atoms with E-state index in [4.69, 9.17) is 23.2 Å². The summed E-state index contributed by atoms with van der Waals surface area (Å²) in [5.41, 5.74) is 1.64. The minimum Gasteiger partial charge on any atom is -0.393 e. The zero-order valence-corrected chi connectivity index (χ0v) is 19.6. The molecule has 1 fully saturated rings. The molecule has 3 heterocycles. The van der Waals surface area contributed by atoms with Crippen molar-refractivity contribution in [1.82, 2.24) is 15.0 Å². The van der Waals surface area contributed by atoms with Gasteiger partial charge in [0, 0.05) is 42.8 Å². The molecule has 8 nitrogen and oxygen atoms in total. The summed E-state index contributed by atoms with van der Waals surface area (Å²) in [5, 5.41) is 16.3. The third-order valence-electron chi connectivity index (χ3n) is 5.34. The number of hydrogen-bond acceptors (Lipinski definition) is 7. The summed E-state index contributed by atoms with van der Waals surface area (Å²) in [7, 11) is 0. The van der Waals surface area contributed by atoms with Crippen LogP contribution in [-0.2, 0) is 6.42 Å². The van der Waals surface area contributed by atoms with Crippen LogP contribution in [0.1, 0.15) is 35.8 Å². The van der Waals surface area contributed by atoms with Crippen LogP contribution in [0.25, 0.3) is 0 Å². The minimum atomic E-state index is -0.410. The normalized spacial score (nSPS) is 14.2. The predicted octanol–water partition coefficient (Wildman–Crippen LogP) is 4.70. The number of halogens is 2. The summed E-state index contributed by atoms with van der Waals surface area (Å²) in [4.78, 5) is 28.4. The smallest absolute Gasteiger partial charge is 0.258 e. The molecule has 1 aliphatic heterocycles. The number of aliphatic hydroxyl groups excluding tert-OH is 1. The first-order valence-corrected chi connectivity index (χ1v) is 11.5. The maximum Gasteiger partial charge on any atom is 0.258 e. The number of nitrogens with zero attached hydrogens (tertiary/aromatic N) is 4. The Kier molecular flexibility index (Phi) is 7.27. The van der Waals surface area contributed by atoms with Crippen LogP contribution < -0.4 is 15.5 Å². The number of hydrogen-bond donors (Lipinski definition) is 3. The third kappa shape index (κ3) is 5.71. The highest BCUT2D eigenvalue weighted by Crippen LogP contribution is 2.26. The SMILES string of the molecule is CCc1cc(Nc2cc(NC(=O)c3c(Cl)cccc3Cl)ccn2)nc(N2CCC(O)CC2)n1. The van der Waals surface area contributed by atoms with E-state index in [-0.39, 0.29) is 21.7 Å². The number of rotatable bonds is 6. The number of piperidine rings is 1. The zero-order valence-electron chi connectivity index (χ0n) is 18.1. The van der Waals surface area contributed by atoms with Crippen molar-refractivity contribution in [1.29, 1.82) is 0 Å². The van der Waals surface area contributed by atoms with Crippen molar-refractivity contribution >= 4 is 52.4 Å². The summed E-state index contributed by atoms with van der Waals surface area (Å²) in [6, 6.07) is 10.2. The molecular weight excluding hydrogens is 463 g/mol. The molecule has 33 heavy (non-hydrogen) atoms. The molecule has 0 radical (unpaired) electrons. The second-order valence-electron chi connectivity index (χ2n) is 7.72. The number of aromatic nitrogens is 3. The van der Waals surface area contributed by atoms with Gasteiger partial charge in [0.1, 0.15) is 11.6 Å². The molecule has 0 aliphatic carbocycles. The monoisotopic (exact) mass is 486 g/mol. The van der Waals surface area contributed by atoms with Gasteiger partial charge in [-0.3, -0.25) is 4.79 Å². The van der Waals surface area contributed by atoms with Crippen molar-refractivity contribution < 1.29 is 9.90 Å². The summed E-state index contributed by atoms with van der Waals surface area (Å²) < 4.78 is 0. The van der Waals surface area contributed by atoms with Crippen molar-refractivity contribution in [2.24, 2.45) is 0 Å². The topological polar surface area (TPSA) is 103 Å². The molecule has 2 aromatic heterocycles. The van der Waals surface area contributed by atoms with Crippen molar-refractivity contribution in [2.75, 3.05) is 28.6 Å². The van der Waals surface area contributed by atoms with Gasteiger partial charge in [-0.2, -0.15) is 4.98 Å². The number of benzene rings is 1. The second-order valence-corrected chi connectivity index (χ2v) is 8.54. The van der Waals surface area contributed by atoms with Crippen LogP contribution >= 0.6 is 23.2 Å². The van der Waals surface area contributed by atoms with Crippen LogP contribution in [0, 0.1) is 0 Å². The number of anilines is 4. The number of aryl methyl sites for hydroxylation is 1. The fourth-order valence-corrected chi connectivity index (χ4v) is 4.12. The van der Waals surface area contributed by atoms with Crippen molar-refractivity contribution in [3.05, 3.63) is 63.9 Å². The van der Waals surface area contributed by atoms with Gasteiger partial charge in [-0.25, -0.2) is 9.97 Å². The molecule has 1 aliphatic rings. The lowest BCUT2D eigenvalue weighted by Gasteiger charge is -2.30. The summed E-state index contributed by atoms with van der Waals surface area (Å²) in [6.45, 7) is 3.44. The second kappa shape index (κ2) is 10.3. The van der Waals surface area contributed by atoms with E-state index in [1.165, 1.54) is 0 Å². The Morgan fingerprint density at radius 3 is 2.55 bits per heavy atom. The van der Waals surface area contributed by atoms with Crippen LogP contribution in [0.3, 0.4) is 0 Å². The van der Waals surface area contributed by atoms with Gasteiger partial charge in [0.25, 0.3) is 5.91 Å². The van der Waals surface area contributed by atoms with Crippen molar-refractivity contribution in [3.8, 4) is 0 Å². The fraction of sp³-hybridized carbons (Fsp3) is 0.304. The lowest BCUT2D eigenvalue weighted by Crippen LogP contribution is -2.37. The van der Waals surface area contributed by atoms with Gasteiger partial charge in [0.15, 0.2) is 0 Å². The number of aliphatic hydroxyl groups is 1. The Morgan fingerprint density at radius 1 is 1.12 bits per heavy atom. The molecule has 0 bridgehead atoms. The number of carbonyl (C=O) groups excluding carboxylic acids is 1. The van der Waals surface area contributed by atoms with E-state index < -0.39 is 5.91 Å². The average molecular weight is 487 g/mol. The highest BCUT2D eigenvalue weighted by Gasteiger charge is 2.20. The lowest BCUT2D eigenvalue weighted by atomic mass is 10.1. The van der Waals surface area contributed by atoms with Gasteiger partial charge >= 0.3 is 0 Å². The largest absolute Gasteiger partial charge is 0.393 e. The first-order chi connectivity index (χ1) is 15.9. The van der Waals surface area contributed by atoms with E-state index in [1.807, 2.05) is 13.0 Å². The Balaban J connectivity index is 1.52. The molecule has 1 aromatic carbocycles. The lowest BCUT2D eigenvalue weighted by molar-refractivity contribution is 0.102. The van der Waals surface area contributed by atoms with Crippen molar-refractivity contribution in [2.45, 2.75) is 32.3 Å².